The molecule has 0 bridgehead atoms. The van der Waals surface area contributed by atoms with Crippen molar-refractivity contribution in [2.24, 2.45) is 0 Å². The molecule has 2 aromatic carbocycles. The van der Waals surface area contributed by atoms with Crippen LogP contribution in [0.3, 0.4) is 0 Å². The molecule has 5 nitrogen and oxygen atoms in total. The van der Waals surface area contributed by atoms with Gasteiger partial charge in [0.25, 0.3) is 0 Å². The minimum atomic E-state index is -0.191. The largest absolute Gasteiger partial charge is 0.495 e. The number of carbonyl (C=O) groups is 1. The molecule has 2 aromatic rings. The summed E-state index contributed by atoms with van der Waals surface area (Å²) in [7, 11) is 1.54. The van der Waals surface area contributed by atoms with Gasteiger partial charge in [-0.05, 0) is 24.3 Å². The Kier molecular flexibility index (Phi) is 5.96. The average Bonchev–Trinajstić information content (AvgIpc) is 2.64. The molecule has 0 unspecified atom stereocenters. The van der Waals surface area contributed by atoms with Crippen molar-refractivity contribution in [3.63, 3.8) is 0 Å². The summed E-state index contributed by atoms with van der Waals surface area (Å²) >= 11 is 6.08. The van der Waals surface area contributed by atoms with Gasteiger partial charge in [-0.2, -0.15) is 0 Å². The number of urea groups is 1. The molecule has 1 heterocycles. The van der Waals surface area contributed by atoms with E-state index in [0.717, 1.165) is 0 Å². The first-order valence-electron chi connectivity index (χ1n) is 8.42. The average molecular weight is 378 g/mol. The predicted molar refractivity (Wildman–Crippen MR) is 100 cm³/mol. The normalized spacial score (nSPS) is 15.0. The van der Waals surface area contributed by atoms with E-state index in [0.29, 0.717) is 54.7 Å². The highest BCUT2D eigenvalue weighted by Gasteiger charge is 2.22. The van der Waals surface area contributed by atoms with Gasteiger partial charge in [0, 0.05) is 44.0 Å². The lowest BCUT2D eigenvalue weighted by atomic mass is 10.2. The fourth-order valence-electron chi connectivity index (χ4n) is 2.92. The second kappa shape index (κ2) is 8.38. The van der Waals surface area contributed by atoms with Crippen LogP contribution in [0, 0.1) is 5.82 Å². The maximum absolute atomic E-state index is 13.8. The van der Waals surface area contributed by atoms with E-state index in [4.69, 9.17) is 16.3 Å². The number of piperazine rings is 1. The van der Waals surface area contributed by atoms with Gasteiger partial charge in [0.05, 0.1) is 12.1 Å². The van der Waals surface area contributed by atoms with E-state index >= 15 is 0 Å². The molecule has 3 rings (SSSR count). The molecule has 0 radical (unpaired) electrons. The summed E-state index contributed by atoms with van der Waals surface area (Å²) in [5.74, 6) is 0.371. The molecule has 2 amide bonds. The van der Waals surface area contributed by atoms with Crippen LogP contribution in [0.4, 0.5) is 14.9 Å². The van der Waals surface area contributed by atoms with E-state index in [-0.39, 0.29) is 11.8 Å². The summed E-state index contributed by atoms with van der Waals surface area (Å²) < 4.78 is 18.9. The number of hydrogen-bond acceptors (Lipinski definition) is 3. The number of hydrogen-bond donors (Lipinski definition) is 1. The summed E-state index contributed by atoms with van der Waals surface area (Å²) in [5, 5.41) is 3.29. The zero-order valence-electron chi connectivity index (χ0n) is 14.5. The zero-order valence-corrected chi connectivity index (χ0v) is 15.3. The van der Waals surface area contributed by atoms with E-state index in [1.807, 2.05) is 6.07 Å². The fourth-order valence-corrected chi connectivity index (χ4v) is 3.18. The number of nitrogens with zero attached hydrogens (tertiary/aromatic N) is 2. The van der Waals surface area contributed by atoms with Crippen molar-refractivity contribution in [3.8, 4) is 5.75 Å². The lowest BCUT2D eigenvalue weighted by Crippen LogP contribution is -2.49. The van der Waals surface area contributed by atoms with Gasteiger partial charge in [0.1, 0.15) is 11.6 Å². The maximum Gasteiger partial charge on any atom is 0.321 e. The maximum atomic E-state index is 13.8. The summed E-state index contributed by atoms with van der Waals surface area (Å²) in [6.07, 6.45) is 0. The van der Waals surface area contributed by atoms with Crippen LogP contribution in [0.25, 0.3) is 0 Å². The highest BCUT2D eigenvalue weighted by Crippen LogP contribution is 2.27. The number of rotatable bonds is 4. The molecule has 0 atom stereocenters. The Morgan fingerprint density at radius 2 is 1.92 bits per heavy atom. The van der Waals surface area contributed by atoms with Crippen molar-refractivity contribution in [1.82, 2.24) is 9.80 Å². The van der Waals surface area contributed by atoms with Gasteiger partial charge in [-0.3, -0.25) is 4.90 Å². The van der Waals surface area contributed by atoms with Crippen LogP contribution in [0.2, 0.25) is 5.02 Å². The lowest BCUT2D eigenvalue weighted by Gasteiger charge is -2.34. The van der Waals surface area contributed by atoms with Crippen molar-refractivity contribution in [1.29, 1.82) is 0 Å². The van der Waals surface area contributed by atoms with E-state index in [2.05, 4.69) is 10.2 Å². The summed E-state index contributed by atoms with van der Waals surface area (Å²) in [6.45, 7) is 3.13. The van der Waals surface area contributed by atoms with Gasteiger partial charge < -0.3 is 15.0 Å². The van der Waals surface area contributed by atoms with Crippen LogP contribution in [-0.4, -0.2) is 49.1 Å². The second-order valence-corrected chi connectivity index (χ2v) is 6.54. The molecular weight excluding hydrogens is 357 g/mol. The molecule has 1 fully saturated rings. The topological polar surface area (TPSA) is 44.8 Å². The van der Waals surface area contributed by atoms with Gasteiger partial charge >= 0.3 is 6.03 Å². The van der Waals surface area contributed by atoms with Crippen LogP contribution >= 0.6 is 11.6 Å². The van der Waals surface area contributed by atoms with E-state index in [1.165, 1.54) is 6.07 Å². The first-order valence-corrected chi connectivity index (χ1v) is 8.80. The van der Waals surface area contributed by atoms with E-state index in [1.54, 1.807) is 42.3 Å². The SMILES string of the molecule is COc1ccc(NC(=O)N2CCN(Cc3ccccc3F)CC2)cc1Cl. The zero-order chi connectivity index (χ0) is 18.5. The molecular formula is C19H21ClFN3O2. The van der Waals surface area contributed by atoms with Gasteiger partial charge in [-0.1, -0.05) is 29.8 Å². The monoisotopic (exact) mass is 377 g/mol. The van der Waals surface area contributed by atoms with Gasteiger partial charge in [0.15, 0.2) is 0 Å². The van der Waals surface area contributed by atoms with Gasteiger partial charge in [0.2, 0.25) is 0 Å². The van der Waals surface area contributed by atoms with E-state index < -0.39 is 0 Å². The minimum absolute atomic E-state index is 0.170. The first kappa shape index (κ1) is 18.5. The Morgan fingerprint density at radius 3 is 2.58 bits per heavy atom. The predicted octanol–water partition coefficient (Wildman–Crippen LogP) is 3.84. The van der Waals surface area contributed by atoms with E-state index in [9.17, 15) is 9.18 Å². The number of nitrogens with one attached hydrogen (secondary N) is 1. The number of anilines is 1. The number of halogens is 2. The molecule has 138 valence electrons. The molecule has 1 aliphatic heterocycles. The van der Waals surface area contributed by atoms with Gasteiger partial charge in [-0.15, -0.1) is 0 Å². The van der Waals surface area contributed by atoms with Crippen molar-refractivity contribution in [2.45, 2.75) is 6.54 Å². The molecule has 0 aromatic heterocycles. The third kappa shape index (κ3) is 4.45. The molecule has 0 saturated carbocycles. The number of ether oxygens (including phenoxy) is 1. The Balaban J connectivity index is 1.52. The van der Waals surface area contributed by atoms with Crippen molar-refractivity contribution < 1.29 is 13.9 Å². The Labute approximate surface area is 157 Å². The number of amides is 2. The van der Waals surface area contributed by atoms with Crippen LogP contribution < -0.4 is 10.1 Å². The fraction of sp³-hybridized carbons (Fsp3) is 0.316. The molecule has 1 N–H and O–H groups in total. The first-order chi connectivity index (χ1) is 12.6. The van der Waals surface area contributed by atoms with Crippen molar-refractivity contribution in [2.75, 3.05) is 38.6 Å². The highest BCUT2D eigenvalue weighted by atomic mass is 35.5. The molecule has 1 aliphatic rings. The summed E-state index contributed by atoms with van der Waals surface area (Å²) in [6, 6.07) is 11.7. The van der Waals surface area contributed by atoms with Crippen LogP contribution in [-0.2, 0) is 6.54 Å². The molecule has 0 aliphatic carbocycles. The van der Waals surface area contributed by atoms with Gasteiger partial charge in [-0.25, -0.2) is 9.18 Å². The highest BCUT2D eigenvalue weighted by molar-refractivity contribution is 6.32. The Bertz CT molecular complexity index is 779. The lowest BCUT2D eigenvalue weighted by molar-refractivity contribution is 0.142. The van der Waals surface area contributed by atoms with Crippen LogP contribution in [0.1, 0.15) is 5.56 Å². The summed E-state index contributed by atoms with van der Waals surface area (Å²) in [4.78, 5) is 16.3. The molecule has 7 heteroatoms. The van der Waals surface area contributed by atoms with Crippen molar-refractivity contribution >= 4 is 23.3 Å². The second-order valence-electron chi connectivity index (χ2n) is 6.13. The number of methoxy groups -OCH3 is 1. The quantitative estimate of drug-likeness (QED) is 0.880. The number of benzene rings is 2. The molecule has 26 heavy (non-hydrogen) atoms. The third-order valence-electron chi connectivity index (χ3n) is 4.41. The van der Waals surface area contributed by atoms with Crippen LogP contribution in [0.5, 0.6) is 5.75 Å². The minimum Gasteiger partial charge on any atom is -0.495 e. The smallest absolute Gasteiger partial charge is 0.321 e. The Morgan fingerprint density at radius 1 is 1.19 bits per heavy atom. The summed E-state index contributed by atoms with van der Waals surface area (Å²) in [5.41, 5.74) is 1.30. The third-order valence-corrected chi connectivity index (χ3v) is 4.71. The standard InChI is InChI=1S/C19H21ClFN3O2/c1-26-18-7-6-15(12-16(18)20)22-19(25)24-10-8-23(9-11-24)13-14-4-2-3-5-17(14)21/h2-7,12H,8-11,13H2,1H3,(H,22,25). The van der Waals surface area contributed by atoms with Crippen LogP contribution in [0.15, 0.2) is 42.5 Å². The number of carbonyl (C=O) groups excluding carboxylic acids is 1. The Hall–Kier alpha value is -2.31. The molecule has 1 saturated heterocycles. The molecule has 0 spiro atoms. The van der Waals surface area contributed by atoms with Crippen molar-refractivity contribution in [3.05, 3.63) is 58.9 Å².